The Labute approximate surface area is 76.8 Å². The summed E-state index contributed by atoms with van der Waals surface area (Å²) < 4.78 is 35.3. The Morgan fingerprint density at radius 3 is 2.31 bits per heavy atom. The van der Waals surface area contributed by atoms with Gasteiger partial charge in [-0.05, 0) is 0 Å². The molecule has 2 N–H and O–H groups in total. The van der Waals surface area contributed by atoms with Gasteiger partial charge in [-0.2, -0.15) is 13.2 Å². The standard InChI is InChI=1S/C6H8F3N3S/c7-6(8,9)2-1-4-11-12-5(3-10)13-4/h1-3,10H2. The zero-order chi connectivity index (χ0) is 9.90. The first kappa shape index (κ1) is 10.4. The minimum atomic E-state index is -4.13. The lowest BCUT2D eigenvalue weighted by Gasteiger charge is -2.02. The van der Waals surface area contributed by atoms with E-state index in [0.717, 1.165) is 11.3 Å². The summed E-state index contributed by atoms with van der Waals surface area (Å²) in [5.41, 5.74) is 5.23. The predicted molar refractivity (Wildman–Crippen MR) is 42.2 cm³/mol. The number of nitrogens with two attached hydrogens (primary N) is 1. The van der Waals surface area contributed by atoms with Gasteiger partial charge in [0.1, 0.15) is 10.0 Å². The first-order chi connectivity index (χ1) is 6.01. The number of hydrogen-bond acceptors (Lipinski definition) is 4. The molecule has 0 amide bonds. The predicted octanol–water partition coefficient (Wildman–Crippen LogP) is 1.49. The SMILES string of the molecule is NCc1nnc(CCC(F)(F)F)s1. The molecule has 1 heterocycles. The number of halogens is 3. The van der Waals surface area contributed by atoms with Gasteiger partial charge in [0.25, 0.3) is 0 Å². The van der Waals surface area contributed by atoms with Crippen LogP contribution in [0.25, 0.3) is 0 Å². The van der Waals surface area contributed by atoms with E-state index in [9.17, 15) is 13.2 Å². The Balaban J connectivity index is 2.46. The molecule has 0 spiro atoms. The van der Waals surface area contributed by atoms with Crippen molar-refractivity contribution in [3.63, 3.8) is 0 Å². The molecule has 7 heteroatoms. The third-order valence-corrected chi connectivity index (χ3v) is 2.31. The zero-order valence-corrected chi connectivity index (χ0v) is 7.45. The van der Waals surface area contributed by atoms with Crippen LogP contribution in [0.1, 0.15) is 16.4 Å². The van der Waals surface area contributed by atoms with Crippen molar-refractivity contribution < 1.29 is 13.2 Å². The van der Waals surface area contributed by atoms with E-state index in [1.807, 2.05) is 0 Å². The molecule has 0 saturated carbocycles. The fourth-order valence-electron chi connectivity index (χ4n) is 0.721. The average molecular weight is 211 g/mol. The Bertz CT molecular complexity index is 270. The van der Waals surface area contributed by atoms with E-state index in [1.165, 1.54) is 0 Å². The van der Waals surface area contributed by atoms with Crippen molar-refractivity contribution in [2.45, 2.75) is 25.6 Å². The van der Waals surface area contributed by atoms with E-state index in [2.05, 4.69) is 10.2 Å². The third kappa shape index (κ3) is 3.69. The normalized spacial score (nSPS) is 12.0. The van der Waals surface area contributed by atoms with Gasteiger partial charge in [0, 0.05) is 19.4 Å². The zero-order valence-electron chi connectivity index (χ0n) is 6.64. The van der Waals surface area contributed by atoms with Crippen LogP contribution in [0.2, 0.25) is 0 Å². The van der Waals surface area contributed by atoms with Gasteiger partial charge in [0.15, 0.2) is 0 Å². The monoisotopic (exact) mass is 211 g/mol. The van der Waals surface area contributed by atoms with Crippen LogP contribution in [-0.2, 0) is 13.0 Å². The smallest absolute Gasteiger partial charge is 0.324 e. The molecular formula is C6H8F3N3S. The van der Waals surface area contributed by atoms with Crippen LogP contribution in [0.5, 0.6) is 0 Å². The molecule has 1 aromatic rings. The van der Waals surface area contributed by atoms with Crippen LogP contribution in [0.4, 0.5) is 13.2 Å². The van der Waals surface area contributed by atoms with Gasteiger partial charge < -0.3 is 5.73 Å². The fourth-order valence-corrected chi connectivity index (χ4v) is 1.44. The van der Waals surface area contributed by atoms with Crippen LogP contribution in [0.15, 0.2) is 0 Å². The molecule has 0 aliphatic rings. The van der Waals surface area contributed by atoms with Crippen LogP contribution in [-0.4, -0.2) is 16.4 Å². The molecule has 1 aromatic heterocycles. The van der Waals surface area contributed by atoms with Crippen molar-refractivity contribution in [3.05, 3.63) is 10.0 Å². The molecule has 0 saturated heterocycles. The van der Waals surface area contributed by atoms with Crippen molar-refractivity contribution >= 4 is 11.3 Å². The summed E-state index contributed by atoms with van der Waals surface area (Å²) in [6.07, 6.45) is -5.10. The van der Waals surface area contributed by atoms with Crippen molar-refractivity contribution in [1.29, 1.82) is 0 Å². The average Bonchev–Trinajstić information content (AvgIpc) is 2.47. The highest BCUT2D eigenvalue weighted by Gasteiger charge is 2.27. The molecule has 0 unspecified atom stereocenters. The highest BCUT2D eigenvalue weighted by molar-refractivity contribution is 7.11. The lowest BCUT2D eigenvalue weighted by Crippen LogP contribution is -2.08. The van der Waals surface area contributed by atoms with Gasteiger partial charge >= 0.3 is 6.18 Å². The van der Waals surface area contributed by atoms with Gasteiger partial charge in [0.05, 0.1) is 0 Å². The summed E-state index contributed by atoms with van der Waals surface area (Å²) >= 11 is 1.13. The lowest BCUT2D eigenvalue weighted by atomic mass is 10.3. The molecule has 1 rings (SSSR count). The first-order valence-corrected chi connectivity index (χ1v) is 4.41. The van der Waals surface area contributed by atoms with E-state index in [0.29, 0.717) is 10.0 Å². The second kappa shape index (κ2) is 4.01. The van der Waals surface area contributed by atoms with Crippen LogP contribution in [0.3, 0.4) is 0 Å². The van der Waals surface area contributed by atoms with Gasteiger partial charge in [0.2, 0.25) is 0 Å². The first-order valence-electron chi connectivity index (χ1n) is 3.59. The summed E-state index contributed by atoms with van der Waals surface area (Å²) in [4.78, 5) is 0. The van der Waals surface area contributed by atoms with Crippen LogP contribution in [0, 0.1) is 0 Å². The van der Waals surface area contributed by atoms with Crippen molar-refractivity contribution in [1.82, 2.24) is 10.2 Å². The third-order valence-electron chi connectivity index (χ3n) is 1.31. The summed E-state index contributed by atoms with van der Waals surface area (Å²) in [6, 6.07) is 0. The molecule has 0 aromatic carbocycles. The van der Waals surface area contributed by atoms with E-state index < -0.39 is 12.6 Å². The Hall–Kier alpha value is -0.690. The molecule has 0 aliphatic carbocycles. The molecule has 0 radical (unpaired) electrons. The topological polar surface area (TPSA) is 51.8 Å². The minimum Gasteiger partial charge on any atom is -0.324 e. The maximum atomic E-state index is 11.8. The van der Waals surface area contributed by atoms with Crippen LogP contribution < -0.4 is 5.73 Å². The molecule has 13 heavy (non-hydrogen) atoms. The molecule has 0 fully saturated rings. The van der Waals surface area contributed by atoms with E-state index in [-0.39, 0.29) is 13.0 Å². The molecule has 0 aliphatic heterocycles. The summed E-state index contributed by atoms with van der Waals surface area (Å²) in [5.74, 6) is 0. The number of alkyl halides is 3. The number of nitrogens with zero attached hydrogens (tertiary/aromatic N) is 2. The number of hydrogen-bond donors (Lipinski definition) is 1. The summed E-state index contributed by atoms with van der Waals surface area (Å²) in [6.45, 7) is 0.226. The fraction of sp³-hybridized carbons (Fsp3) is 0.667. The van der Waals surface area contributed by atoms with E-state index in [4.69, 9.17) is 5.73 Å². The van der Waals surface area contributed by atoms with Crippen LogP contribution >= 0.6 is 11.3 Å². The van der Waals surface area contributed by atoms with Crippen molar-refractivity contribution in [2.75, 3.05) is 0 Å². The Kier molecular flexibility index (Phi) is 3.21. The number of rotatable bonds is 3. The van der Waals surface area contributed by atoms with E-state index in [1.54, 1.807) is 0 Å². The number of aryl methyl sites for hydroxylation is 1. The molecule has 0 atom stereocenters. The second-order valence-electron chi connectivity index (χ2n) is 2.41. The second-order valence-corrected chi connectivity index (χ2v) is 3.56. The highest BCUT2D eigenvalue weighted by Crippen LogP contribution is 2.23. The highest BCUT2D eigenvalue weighted by atomic mass is 32.1. The summed E-state index contributed by atoms with van der Waals surface area (Å²) in [7, 11) is 0. The van der Waals surface area contributed by atoms with Gasteiger partial charge in [-0.1, -0.05) is 0 Å². The van der Waals surface area contributed by atoms with Gasteiger partial charge in [-0.15, -0.1) is 21.5 Å². The largest absolute Gasteiger partial charge is 0.389 e. The molecular weight excluding hydrogens is 203 g/mol. The van der Waals surface area contributed by atoms with Gasteiger partial charge in [-0.3, -0.25) is 0 Å². The van der Waals surface area contributed by atoms with Crippen molar-refractivity contribution in [2.24, 2.45) is 5.73 Å². The minimum absolute atomic E-state index is 0.110. The molecule has 0 bridgehead atoms. The molecule has 3 nitrogen and oxygen atoms in total. The quantitative estimate of drug-likeness (QED) is 0.824. The summed E-state index contributed by atoms with van der Waals surface area (Å²) in [5, 5.41) is 8.14. The van der Waals surface area contributed by atoms with Gasteiger partial charge in [-0.25, -0.2) is 0 Å². The maximum absolute atomic E-state index is 11.8. The van der Waals surface area contributed by atoms with Crippen molar-refractivity contribution in [3.8, 4) is 0 Å². The Morgan fingerprint density at radius 2 is 1.85 bits per heavy atom. The number of aromatic nitrogens is 2. The molecule has 74 valence electrons. The lowest BCUT2D eigenvalue weighted by molar-refractivity contribution is -0.134. The van der Waals surface area contributed by atoms with E-state index >= 15 is 0 Å². The maximum Gasteiger partial charge on any atom is 0.389 e. The Morgan fingerprint density at radius 1 is 1.23 bits per heavy atom.